The maximum Gasteiger partial charge on any atom is 0.255 e. The van der Waals surface area contributed by atoms with Gasteiger partial charge in [0, 0.05) is 6.07 Å². The van der Waals surface area contributed by atoms with E-state index in [2.05, 4.69) is 0 Å². The summed E-state index contributed by atoms with van der Waals surface area (Å²) in [4.78, 5) is 10.5. The number of primary amides is 1. The second-order valence-corrected chi connectivity index (χ2v) is 2.80. The molecule has 1 aromatic carbocycles. The average Bonchev–Trinajstić information content (AvgIpc) is 2.24. The molecule has 0 aliphatic heterocycles. The molecule has 0 aliphatic rings. The number of carbonyl (C=O) groups excluding carboxylic acids is 1. The van der Waals surface area contributed by atoms with Crippen molar-refractivity contribution in [3.63, 3.8) is 0 Å². The molecule has 1 rings (SSSR count). The Morgan fingerprint density at radius 1 is 1.33 bits per heavy atom. The fourth-order valence-corrected chi connectivity index (χ4v) is 0.972. The lowest BCUT2D eigenvalue weighted by atomic mass is 10.3. The van der Waals surface area contributed by atoms with Crippen LogP contribution >= 0.6 is 0 Å². The Hall–Kier alpha value is -1.75. The minimum Gasteiger partial charge on any atom is -0.491 e. The minimum absolute atomic E-state index is 0.0492. The zero-order valence-electron chi connectivity index (χ0n) is 8.18. The molecule has 0 heterocycles. The van der Waals surface area contributed by atoms with E-state index in [9.17, 15) is 4.79 Å². The monoisotopic (exact) mass is 211 g/mol. The largest absolute Gasteiger partial charge is 0.491 e. The van der Waals surface area contributed by atoms with Crippen LogP contribution in [0.4, 0.5) is 0 Å². The third kappa shape index (κ3) is 4.33. The SMILES string of the molecule is NC(=O)COc1cccc(OCCO)c1. The van der Waals surface area contributed by atoms with E-state index in [1.165, 1.54) is 0 Å². The maximum atomic E-state index is 10.5. The van der Waals surface area contributed by atoms with Gasteiger partial charge in [0.15, 0.2) is 6.61 Å². The number of hydrogen-bond donors (Lipinski definition) is 2. The Morgan fingerprint density at radius 2 is 2.00 bits per heavy atom. The summed E-state index contributed by atoms with van der Waals surface area (Å²) in [6, 6.07) is 6.77. The lowest BCUT2D eigenvalue weighted by molar-refractivity contribution is -0.119. The van der Waals surface area contributed by atoms with Gasteiger partial charge in [-0.05, 0) is 12.1 Å². The maximum absolute atomic E-state index is 10.5. The number of hydrogen-bond acceptors (Lipinski definition) is 4. The second kappa shape index (κ2) is 5.87. The van der Waals surface area contributed by atoms with Gasteiger partial charge in [-0.25, -0.2) is 0 Å². The van der Waals surface area contributed by atoms with Crippen LogP contribution < -0.4 is 15.2 Å². The summed E-state index contributed by atoms with van der Waals surface area (Å²) < 4.78 is 10.2. The number of nitrogens with two attached hydrogens (primary N) is 1. The minimum atomic E-state index is -0.531. The van der Waals surface area contributed by atoms with Gasteiger partial charge in [-0.3, -0.25) is 4.79 Å². The highest BCUT2D eigenvalue weighted by Crippen LogP contribution is 2.18. The topological polar surface area (TPSA) is 81.8 Å². The van der Waals surface area contributed by atoms with Crippen LogP contribution in [0.25, 0.3) is 0 Å². The van der Waals surface area contributed by atoms with Crippen molar-refractivity contribution in [2.24, 2.45) is 5.73 Å². The quantitative estimate of drug-likeness (QED) is 0.689. The van der Waals surface area contributed by atoms with Crippen LogP contribution in [0.2, 0.25) is 0 Å². The Labute approximate surface area is 87.4 Å². The molecule has 0 radical (unpaired) electrons. The van der Waals surface area contributed by atoms with Crippen molar-refractivity contribution >= 4 is 5.91 Å². The predicted molar refractivity (Wildman–Crippen MR) is 53.7 cm³/mol. The molecule has 0 bridgehead atoms. The molecule has 0 aromatic heterocycles. The Kier molecular flexibility index (Phi) is 4.43. The van der Waals surface area contributed by atoms with Crippen molar-refractivity contribution in [2.45, 2.75) is 0 Å². The zero-order valence-corrected chi connectivity index (χ0v) is 8.18. The van der Waals surface area contributed by atoms with E-state index in [0.717, 1.165) is 0 Å². The van der Waals surface area contributed by atoms with Gasteiger partial charge in [0.2, 0.25) is 0 Å². The highest BCUT2D eigenvalue weighted by atomic mass is 16.5. The summed E-state index contributed by atoms with van der Waals surface area (Å²) in [5, 5.41) is 8.56. The van der Waals surface area contributed by atoms with Crippen LogP contribution in [0, 0.1) is 0 Å². The van der Waals surface area contributed by atoms with Gasteiger partial charge in [-0.1, -0.05) is 6.07 Å². The number of rotatable bonds is 6. The van der Waals surface area contributed by atoms with Crippen LogP contribution in [-0.4, -0.2) is 30.8 Å². The summed E-state index contributed by atoms with van der Waals surface area (Å²) >= 11 is 0. The van der Waals surface area contributed by atoms with Crippen LogP contribution in [0.5, 0.6) is 11.5 Å². The van der Waals surface area contributed by atoms with Crippen molar-refractivity contribution in [1.29, 1.82) is 0 Å². The zero-order chi connectivity index (χ0) is 11.1. The van der Waals surface area contributed by atoms with Crippen LogP contribution in [0.15, 0.2) is 24.3 Å². The predicted octanol–water partition coefficient (Wildman–Crippen LogP) is -0.0782. The molecule has 0 unspecified atom stereocenters. The molecule has 0 saturated heterocycles. The van der Waals surface area contributed by atoms with E-state index >= 15 is 0 Å². The van der Waals surface area contributed by atoms with Crippen molar-refractivity contribution in [3.8, 4) is 11.5 Å². The number of ether oxygens (including phenoxy) is 2. The van der Waals surface area contributed by atoms with Crippen molar-refractivity contribution in [3.05, 3.63) is 24.3 Å². The molecule has 5 heteroatoms. The first-order valence-corrected chi connectivity index (χ1v) is 4.47. The Bertz CT molecular complexity index is 327. The molecule has 0 aliphatic carbocycles. The number of benzene rings is 1. The van der Waals surface area contributed by atoms with Crippen LogP contribution in [-0.2, 0) is 4.79 Å². The molecule has 0 saturated carbocycles. The number of carbonyl (C=O) groups is 1. The van der Waals surface area contributed by atoms with E-state index in [1.807, 2.05) is 0 Å². The summed E-state index contributed by atoms with van der Waals surface area (Å²) in [7, 11) is 0. The van der Waals surface area contributed by atoms with Gasteiger partial charge in [0.05, 0.1) is 6.61 Å². The smallest absolute Gasteiger partial charge is 0.255 e. The molecule has 0 atom stereocenters. The molecular weight excluding hydrogens is 198 g/mol. The van der Waals surface area contributed by atoms with Gasteiger partial charge < -0.3 is 20.3 Å². The fourth-order valence-electron chi connectivity index (χ4n) is 0.972. The van der Waals surface area contributed by atoms with Gasteiger partial charge in [0.25, 0.3) is 5.91 Å². The fraction of sp³-hybridized carbons (Fsp3) is 0.300. The van der Waals surface area contributed by atoms with Crippen LogP contribution in [0.3, 0.4) is 0 Å². The number of amides is 1. The summed E-state index contributed by atoms with van der Waals surface area (Å²) in [5.41, 5.74) is 4.93. The van der Waals surface area contributed by atoms with E-state index in [-0.39, 0.29) is 19.8 Å². The van der Waals surface area contributed by atoms with Crippen molar-refractivity contribution in [2.75, 3.05) is 19.8 Å². The highest BCUT2D eigenvalue weighted by Gasteiger charge is 1.99. The lowest BCUT2D eigenvalue weighted by Crippen LogP contribution is -2.20. The summed E-state index contributed by atoms with van der Waals surface area (Å²) in [6.45, 7) is 0.00902. The van der Waals surface area contributed by atoms with Gasteiger partial charge in [-0.2, -0.15) is 0 Å². The second-order valence-electron chi connectivity index (χ2n) is 2.80. The first-order valence-electron chi connectivity index (χ1n) is 4.47. The summed E-state index contributed by atoms with van der Waals surface area (Å²) in [5.74, 6) is 0.548. The van der Waals surface area contributed by atoms with Crippen molar-refractivity contribution < 1.29 is 19.4 Å². The number of aliphatic hydroxyl groups is 1. The normalized spacial score (nSPS) is 9.67. The first kappa shape index (κ1) is 11.3. The molecule has 5 nitrogen and oxygen atoms in total. The highest BCUT2D eigenvalue weighted by molar-refractivity contribution is 5.75. The average molecular weight is 211 g/mol. The van der Waals surface area contributed by atoms with Gasteiger partial charge in [-0.15, -0.1) is 0 Å². The van der Waals surface area contributed by atoms with E-state index < -0.39 is 5.91 Å². The summed E-state index contributed by atoms with van der Waals surface area (Å²) in [6.07, 6.45) is 0. The molecule has 1 aromatic rings. The van der Waals surface area contributed by atoms with Crippen LogP contribution in [0.1, 0.15) is 0 Å². The lowest BCUT2D eigenvalue weighted by Gasteiger charge is -2.07. The molecular formula is C10H13NO4. The Balaban J connectivity index is 2.53. The Morgan fingerprint density at radius 3 is 2.60 bits per heavy atom. The molecule has 3 N–H and O–H groups in total. The molecule has 1 amide bonds. The molecule has 82 valence electrons. The van der Waals surface area contributed by atoms with Gasteiger partial charge in [0.1, 0.15) is 18.1 Å². The third-order valence-electron chi connectivity index (χ3n) is 1.55. The molecule has 0 fully saturated rings. The standard InChI is InChI=1S/C10H13NO4/c11-10(13)7-15-9-3-1-2-8(6-9)14-5-4-12/h1-3,6,12H,4-5,7H2,(H2,11,13). The third-order valence-corrected chi connectivity index (χ3v) is 1.55. The van der Waals surface area contributed by atoms with E-state index in [0.29, 0.717) is 11.5 Å². The van der Waals surface area contributed by atoms with Crippen molar-refractivity contribution in [1.82, 2.24) is 0 Å². The first-order chi connectivity index (χ1) is 7.22. The van der Waals surface area contributed by atoms with E-state index in [4.69, 9.17) is 20.3 Å². The molecule has 15 heavy (non-hydrogen) atoms. The van der Waals surface area contributed by atoms with E-state index in [1.54, 1.807) is 24.3 Å². The van der Waals surface area contributed by atoms with Gasteiger partial charge >= 0.3 is 0 Å². The number of aliphatic hydroxyl groups excluding tert-OH is 1. The molecule has 0 spiro atoms.